The number of carbonyl (C=O) groups excluding carboxylic acids is 8. The first-order chi connectivity index (χ1) is 43.9. The lowest BCUT2D eigenvalue weighted by Crippen LogP contribution is -2.50. The summed E-state index contributed by atoms with van der Waals surface area (Å²) in [7, 11) is 4.23. The minimum atomic E-state index is -1.09. The fourth-order valence-corrected chi connectivity index (χ4v) is 9.42. The van der Waals surface area contributed by atoms with Gasteiger partial charge in [-0.3, -0.25) is 67.5 Å². The van der Waals surface area contributed by atoms with E-state index in [2.05, 4.69) is 42.2 Å². The van der Waals surface area contributed by atoms with Crippen molar-refractivity contribution >= 4 is 76.9 Å². The van der Waals surface area contributed by atoms with E-state index in [9.17, 15) is 73.2 Å². The molecular formula is C61H90N16O15. The fraction of sp³-hybridized carbons (Fsp3) is 0.508. The Morgan fingerprint density at radius 1 is 0.522 bits per heavy atom. The number of hydrogen-bond acceptors (Lipinski definition) is 17. The lowest BCUT2D eigenvalue weighted by atomic mass is 9.90. The number of hydrogen-bond donors (Lipinski definition) is 12. The van der Waals surface area contributed by atoms with Gasteiger partial charge in [-0.25, -0.2) is 4.79 Å². The Morgan fingerprint density at radius 2 is 1.00 bits per heavy atom. The van der Waals surface area contributed by atoms with E-state index >= 15 is 0 Å². The second-order valence-electron chi connectivity index (χ2n) is 22.1. The van der Waals surface area contributed by atoms with Crippen LogP contribution >= 0.6 is 0 Å². The lowest BCUT2D eigenvalue weighted by Gasteiger charge is -2.33. The number of aromatic hydroxyl groups is 1. The van der Waals surface area contributed by atoms with Gasteiger partial charge in [-0.2, -0.15) is 4.99 Å². The Morgan fingerprint density at radius 3 is 1.53 bits per heavy atom. The van der Waals surface area contributed by atoms with Crippen LogP contribution in [0.4, 0.5) is 10.5 Å². The predicted molar refractivity (Wildman–Crippen MR) is 340 cm³/mol. The number of nitrogens with two attached hydrogens (primary N) is 1. The molecule has 92 heavy (non-hydrogen) atoms. The highest BCUT2D eigenvalue weighted by molar-refractivity contribution is 5.93. The normalized spacial score (nSPS) is 14.3. The van der Waals surface area contributed by atoms with Gasteiger partial charge in [0.15, 0.2) is 5.96 Å². The van der Waals surface area contributed by atoms with Gasteiger partial charge < -0.3 is 78.1 Å². The van der Waals surface area contributed by atoms with Crippen LogP contribution in [0.15, 0.2) is 83.9 Å². The summed E-state index contributed by atoms with van der Waals surface area (Å²) < 4.78 is 0. The summed E-state index contributed by atoms with van der Waals surface area (Å²) in [4.78, 5) is 153. The molecule has 2 atom stereocenters. The van der Waals surface area contributed by atoms with E-state index < -0.39 is 71.3 Å². The zero-order chi connectivity index (χ0) is 67.5. The number of urea groups is 1. The highest BCUT2D eigenvalue weighted by Crippen LogP contribution is 2.27. The summed E-state index contributed by atoms with van der Waals surface area (Å²) in [6.07, 6.45) is 1.28. The van der Waals surface area contributed by atoms with Crippen LogP contribution in [0.1, 0.15) is 55.2 Å². The van der Waals surface area contributed by atoms with Crippen molar-refractivity contribution in [1.29, 1.82) is 0 Å². The molecule has 0 aliphatic carbocycles. The molecule has 1 aliphatic rings. The third-order valence-corrected chi connectivity index (χ3v) is 14.7. The fourth-order valence-electron chi connectivity index (χ4n) is 9.42. The molecule has 504 valence electrons. The Bertz CT molecular complexity index is 2910. The largest absolute Gasteiger partial charge is 0.508 e. The summed E-state index contributed by atoms with van der Waals surface area (Å²) in [5.74, 6) is -7.24. The molecule has 0 aromatic heterocycles. The number of nitrogens with one attached hydrogen (secondary N) is 7. The summed E-state index contributed by atoms with van der Waals surface area (Å²) in [6, 6.07) is 20.9. The summed E-state index contributed by atoms with van der Waals surface area (Å²) in [6.45, 7) is 2.51. The van der Waals surface area contributed by atoms with Gasteiger partial charge in [0, 0.05) is 125 Å². The van der Waals surface area contributed by atoms with Crippen molar-refractivity contribution in [2.75, 3.05) is 157 Å². The van der Waals surface area contributed by atoms with Crippen molar-refractivity contribution in [1.82, 2.24) is 66.2 Å². The number of phenolic OH excluding ortho intramolecular Hbond substituents is 1. The maximum Gasteiger partial charge on any atom is 0.344 e. The van der Waals surface area contributed by atoms with Crippen LogP contribution < -0.4 is 43.0 Å². The molecule has 3 aromatic carbocycles. The maximum absolute atomic E-state index is 14.4. The van der Waals surface area contributed by atoms with E-state index in [-0.39, 0.29) is 155 Å². The molecule has 1 fully saturated rings. The summed E-state index contributed by atoms with van der Waals surface area (Å²) >= 11 is 0. The van der Waals surface area contributed by atoms with Gasteiger partial charge in [-0.15, -0.1) is 0 Å². The molecule has 1 heterocycles. The molecule has 1 aliphatic heterocycles. The van der Waals surface area contributed by atoms with Gasteiger partial charge in [-0.1, -0.05) is 61.5 Å². The monoisotopic (exact) mass is 1290 g/mol. The van der Waals surface area contributed by atoms with Crippen molar-refractivity contribution in [3.05, 3.63) is 95.6 Å². The molecule has 1 saturated heterocycles. The number of aliphatic carboxylic acids is 3. The lowest BCUT2D eigenvalue weighted by molar-refractivity contribution is -0.143. The van der Waals surface area contributed by atoms with Gasteiger partial charge in [0.25, 0.3) is 0 Å². The number of carbonyl (C=O) groups is 11. The minimum absolute atomic E-state index is 0.0667. The Kier molecular flexibility index (Phi) is 32.9. The SMILES string of the molecule is CCC(=O)NCCNC(=O)/N=C(/N)NCCC[C@@H](NC(=O)[C@@H](c1ccccc1)c1ccc(NCCCNC(=O)CN(C)C(=O)CN(C)C(=O)CN(C)C(=O)CN2CCN(CC(=O)O)CCN(CC(=O)O)CCN(CC(=O)O)CC2)cc1)C(=O)NCc1ccc(O)cc1. The zero-order valence-electron chi connectivity index (χ0n) is 52.8. The van der Waals surface area contributed by atoms with Gasteiger partial charge in [0.1, 0.15) is 11.8 Å². The van der Waals surface area contributed by atoms with Crippen LogP contribution in [-0.2, 0) is 54.5 Å². The number of carboxylic acid groups (broad SMARTS) is 3. The van der Waals surface area contributed by atoms with Crippen LogP contribution in [0, 0.1) is 0 Å². The summed E-state index contributed by atoms with van der Waals surface area (Å²) in [5, 5.41) is 58.2. The van der Waals surface area contributed by atoms with Crippen molar-refractivity contribution in [3.8, 4) is 5.75 Å². The predicted octanol–water partition coefficient (Wildman–Crippen LogP) is -1.99. The van der Waals surface area contributed by atoms with Gasteiger partial charge in [0.05, 0.1) is 51.7 Å². The molecule has 4 rings (SSSR count). The Hall–Kier alpha value is -9.46. The van der Waals surface area contributed by atoms with Crippen molar-refractivity contribution in [3.63, 3.8) is 0 Å². The third kappa shape index (κ3) is 29.4. The highest BCUT2D eigenvalue weighted by atomic mass is 16.4. The van der Waals surface area contributed by atoms with Gasteiger partial charge in [0.2, 0.25) is 41.4 Å². The molecule has 31 nitrogen and oxygen atoms in total. The van der Waals surface area contributed by atoms with Crippen LogP contribution in [0.5, 0.6) is 5.75 Å². The smallest absolute Gasteiger partial charge is 0.344 e. The second-order valence-corrected chi connectivity index (χ2v) is 22.1. The third-order valence-electron chi connectivity index (χ3n) is 14.7. The number of rotatable bonds is 34. The molecule has 0 unspecified atom stereocenters. The minimum Gasteiger partial charge on any atom is -0.508 e. The van der Waals surface area contributed by atoms with E-state index in [0.29, 0.717) is 36.9 Å². The van der Waals surface area contributed by atoms with Crippen molar-refractivity contribution in [2.24, 2.45) is 10.7 Å². The van der Waals surface area contributed by atoms with Crippen LogP contribution in [0.25, 0.3) is 0 Å². The van der Waals surface area contributed by atoms with Crippen LogP contribution in [0.2, 0.25) is 0 Å². The number of carboxylic acids is 3. The molecule has 0 saturated carbocycles. The van der Waals surface area contributed by atoms with Crippen molar-refractivity contribution in [2.45, 2.75) is 51.1 Å². The number of aliphatic imine (C=N–C) groups is 1. The molecule has 0 spiro atoms. The van der Waals surface area contributed by atoms with E-state index in [1.165, 1.54) is 43.1 Å². The Labute approximate surface area is 535 Å². The second kappa shape index (κ2) is 40.3. The highest BCUT2D eigenvalue weighted by Gasteiger charge is 2.29. The molecular weight excluding hydrogens is 1200 g/mol. The topological polar surface area (TPSA) is 414 Å². The molecule has 9 amide bonds. The summed E-state index contributed by atoms with van der Waals surface area (Å²) in [5.41, 5.74) is 8.68. The number of amides is 9. The van der Waals surface area contributed by atoms with Gasteiger partial charge >= 0.3 is 23.9 Å². The number of anilines is 1. The first kappa shape index (κ1) is 75.0. The quantitative estimate of drug-likeness (QED) is 0.0175. The molecule has 13 N–H and O–H groups in total. The maximum atomic E-state index is 14.4. The average Bonchev–Trinajstić information content (AvgIpc) is 0.859. The van der Waals surface area contributed by atoms with E-state index in [0.717, 1.165) is 16.2 Å². The molecule has 0 bridgehead atoms. The first-order valence-corrected chi connectivity index (χ1v) is 30.3. The molecule has 31 heteroatoms. The van der Waals surface area contributed by atoms with Crippen LogP contribution in [0.3, 0.4) is 0 Å². The zero-order valence-corrected chi connectivity index (χ0v) is 52.8. The number of nitrogens with zero attached hydrogens (tertiary/aromatic N) is 8. The van der Waals surface area contributed by atoms with Crippen LogP contribution in [-0.4, -0.2) is 284 Å². The number of likely N-dealkylation sites (N-methyl/N-ethyl adjacent to an activating group) is 3. The Balaban J connectivity index is 1.26. The van der Waals surface area contributed by atoms with E-state index in [1.807, 2.05) is 30.3 Å². The number of phenols is 1. The molecule has 3 aromatic rings. The van der Waals surface area contributed by atoms with Gasteiger partial charge in [-0.05, 0) is 60.2 Å². The standard InChI is InChI=1S/C61H90N16O15/c1-5-49(79)65-25-26-67-61(92)70-60(62)66-22-9-13-48(58(90)68-35-43-14-20-47(78)21-15-43)69-59(91)57(44-11-7-6-8-12-44)45-16-18-46(19-17-45)63-23-10-24-64-50(80)36-71(2)51(81)37-72(3)52(82)38-73(4)53(83)39-74-27-29-75(40-54(84)85)31-33-77(42-56(88)89)34-32-76(30-28-74)41-55(86)87/h6-8,11-12,14-21,48,57,63,78H,5,9-10,13,22-42H2,1-4H3,(H,64,80)(H,65,79)(H,68,90)(H,69,91)(H,84,85)(H,86,87)(H,88,89)(H4,62,66,67,70,92)/t48-,57+/m1/s1. The van der Waals surface area contributed by atoms with Crippen molar-refractivity contribution < 1.29 is 73.2 Å². The number of guanidine groups is 1. The van der Waals surface area contributed by atoms with E-state index in [1.54, 1.807) is 62.9 Å². The number of benzene rings is 3. The first-order valence-electron chi connectivity index (χ1n) is 30.3. The van der Waals surface area contributed by atoms with E-state index in [4.69, 9.17) is 5.73 Å². The molecule has 0 radical (unpaired) electrons. The average molecular weight is 1290 g/mol.